The third kappa shape index (κ3) is 7.33. The summed E-state index contributed by atoms with van der Waals surface area (Å²) in [4.78, 5) is 22.8. The van der Waals surface area contributed by atoms with Gasteiger partial charge in [-0.05, 0) is 104 Å². The van der Waals surface area contributed by atoms with Gasteiger partial charge in [-0.25, -0.2) is 19.6 Å². The van der Waals surface area contributed by atoms with Crippen molar-refractivity contribution in [1.29, 1.82) is 0 Å². The maximum absolute atomic E-state index is 10.7. The molecular formula is C25H40O5. The van der Waals surface area contributed by atoms with Crippen molar-refractivity contribution in [2.75, 3.05) is 0 Å². The van der Waals surface area contributed by atoms with E-state index in [2.05, 4.69) is 13.2 Å². The van der Waals surface area contributed by atoms with E-state index in [1.165, 1.54) is 0 Å². The lowest BCUT2D eigenvalue weighted by atomic mass is 9.85. The Hall–Kier alpha value is -1.50. The van der Waals surface area contributed by atoms with E-state index in [0.717, 1.165) is 16.7 Å². The predicted octanol–water partition coefficient (Wildman–Crippen LogP) is 6.21. The van der Waals surface area contributed by atoms with E-state index in [0.29, 0.717) is 0 Å². The van der Waals surface area contributed by atoms with Gasteiger partial charge in [0.2, 0.25) is 0 Å². The molecule has 0 bridgehead atoms. The second-order valence-electron chi connectivity index (χ2n) is 10.3. The normalized spacial score (nSPS) is 14.0. The van der Waals surface area contributed by atoms with Crippen LogP contribution in [0.2, 0.25) is 0 Å². The van der Waals surface area contributed by atoms with Gasteiger partial charge in [-0.1, -0.05) is 12.2 Å². The minimum absolute atomic E-state index is 0.638. The molecule has 0 fully saturated rings. The molecule has 0 saturated heterocycles. The maximum atomic E-state index is 10.7. The summed E-state index contributed by atoms with van der Waals surface area (Å²) < 4.78 is 0. The molecule has 0 aromatic heterocycles. The molecule has 1 aromatic carbocycles. The lowest BCUT2D eigenvalue weighted by molar-refractivity contribution is -0.396. The minimum atomic E-state index is -1.06. The van der Waals surface area contributed by atoms with Gasteiger partial charge in [-0.3, -0.25) is 0 Å². The zero-order chi connectivity index (χ0) is 23.6. The third-order valence-electron chi connectivity index (χ3n) is 4.94. The highest BCUT2D eigenvalue weighted by Gasteiger charge is 2.33. The summed E-state index contributed by atoms with van der Waals surface area (Å²) in [6.07, 6.45) is 3.36. The molecule has 30 heavy (non-hydrogen) atoms. The van der Waals surface area contributed by atoms with Crippen molar-refractivity contribution in [3.05, 3.63) is 60.2 Å². The number of benzene rings is 1. The van der Waals surface area contributed by atoms with Crippen LogP contribution in [0.3, 0.4) is 0 Å². The largest absolute Gasteiger partial charge is 0.386 e. The zero-order valence-corrected chi connectivity index (χ0v) is 20.4. The molecule has 0 unspecified atom stereocenters. The van der Waals surface area contributed by atoms with Crippen molar-refractivity contribution in [2.45, 2.75) is 97.2 Å². The molecule has 1 N–H and O–H groups in total. The first-order valence-corrected chi connectivity index (χ1v) is 10.2. The van der Waals surface area contributed by atoms with Crippen LogP contribution in [0.4, 0.5) is 0 Å². The molecular weight excluding hydrogens is 380 g/mol. The molecule has 0 amide bonds. The molecule has 1 aromatic rings. The Bertz CT molecular complexity index is 697. The summed E-state index contributed by atoms with van der Waals surface area (Å²) in [6.45, 7) is 26.1. The van der Waals surface area contributed by atoms with Gasteiger partial charge in [0, 0.05) is 0 Å². The number of rotatable bonds is 11. The zero-order valence-electron chi connectivity index (χ0n) is 20.4. The van der Waals surface area contributed by atoms with Gasteiger partial charge in [0.1, 0.15) is 22.4 Å². The Kier molecular flexibility index (Phi) is 7.90. The summed E-state index contributed by atoms with van der Waals surface area (Å²) in [6, 6.07) is 5.81. The maximum Gasteiger partial charge on any atom is 0.123 e. The summed E-state index contributed by atoms with van der Waals surface area (Å²) in [5.74, 6) is 0. The van der Waals surface area contributed by atoms with Gasteiger partial charge in [0.15, 0.2) is 0 Å². The van der Waals surface area contributed by atoms with Crippen LogP contribution in [-0.4, -0.2) is 16.3 Å². The molecule has 0 atom stereocenters. The topological polar surface area (TPSA) is 57.2 Å². The Balaban J connectivity index is 3.38. The van der Waals surface area contributed by atoms with Crippen LogP contribution in [0.1, 0.15) is 85.9 Å². The van der Waals surface area contributed by atoms with Gasteiger partial charge in [-0.15, -0.1) is 13.2 Å². The average Bonchev–Trinajstić information content (AvgIpc) is 2.64. The Morgan fingerprint density at radius 1 is 0.600 bits per heavy atom. The van der Waals surface area contributed by atoms with Gasteiger partial charge < -0.3 is 5.11 Å². The Morgan fingerprint density at radius 3 is 1.17 bits per heavy atom. The van der Waals surface area contributed by atoms with E-state index in [1.54, 1.807) is 26.0 Å². The number of hydrogen-bond donors (Lipinski definition) is 1. The molecule has 5 heteroatoms. The first-order chi connectivity index (χ1) is 13.4. The second kappa shape index (κ2) is 8.93. The SMILES string of the molecule is C=CC(C)(C)OOC(C)(C)c1cc(C(C)(C)O)cc(C(C)(C)OOC(C)(C)C=C)c1. The van der Waals surface area contributed by atoms with Crippen molar-refractivity contribution in [1.82, 2.24) is 0 Å². The van der Waals surface area contributed by atoms with Gasteiger partial charge in [0.05, 0.1) is 5.60 Å². The fourth-order valence-electron chi connectivity index (χ4n) is 2.26. The van der Waals surface area contributed by atoms with Crippen molar-refractivity contribution < 1.29 is 24.7 Å². The molecule has 0 aliphatic carbocycles. The highest BCUT2D eigenvalue weighted by molar-refractivity contribution is 5.38. The highest BCUT2D eigenvalue weighted by atomic mass is 17.2. The third-order valence-corrected chi connectivity index (χ3v) is 4.94. The average molecular weight is 421 g/mol. The molecule has 0 heterocycles. The van der Waals surface area contributed by atoms with Crippen molar-refractivity contribution in [3.8, 4) is 0 Å². The van der Waals surface area contributed by atoms with E-state index in [-0.39, 0.29) is 0 Å². The van der Waals surface area contributed by atoms with Crippen LogP contribution in [0.25, 0.3) is 0 Å². The Labute approximate surface area is 182 Å². The van der Waals surface area contributed by atoms with Crippen molar-refractivity contribution in [3.63, 3.8) is 0 Å². The number of aliphatic hydroxyl groups is 1. The lowest BCUT2D eigenvalue weighted by Crippen LogP contribution is -2.32. The van der Waals surface area contributed by atoms with Gasteiger partial charge in [-0.2, -0.15) is 0 Å². The van der Waals surface area contributed by atoms with Gasteiger partial charge >= 0.3 is 0 Å². The van der Waals surface area contributed by atoms with Crippen LogP contribution in [0.5, 0.6) is 0 Å². The lowest BCUT2D eigenvalue weighted by Gasteiger charge is -2.34. The van der Waals surface area contributed by atoms with Crippen molar-refractivity contribution in [2.24, 2.45) is 0 Å². The first kappa shape index (κ1) is 26.5. The minimum Gasteiger partial charge on any atom is -0.386 e. The summed E-state index contributed by atoms with van der Waals surface area (Å²) >= 11 is 0. The molecule has 0 saturated carbocycles. The van der Waals surface area contributed by atoms with Gasteiger partial charge in [0.25, 0.3) is 0 Å². The molecule has 0 aliphatic heterocycles. The van der Waals surface area contributed by atoms with Crippen LogP contribution < -0.4 is 0 Å². The van der Waals surface area contributed by atoms with Crippen LogP contribution >= 0.6 is 0 Å². The quantitative estimate of drug-likeness (QED) is 0.262. The summed E-state index contributed by atoms with van der Waals surface area (Å²) in [5.41, 5.74) is -1.54. The second-order valence-corrected chi connectivity index (χ2v) is 10.3. The molecule has 0 aliphatic rings. The summed E-state index contributed by atoms with van der Waals surface area (Å²) in [5, 5.41) is 10.7. The highest BCUT2D eigenvalue weighted by Crippen LogP contribution is 2.36. The summed E-state index contributed by atoms with van der Waals surface area (Å²) in [7, 11) is 0. The van der Waals surface area contributed by atoms with E-state index >= 15 is 0 Å². The van der Waals surface area contributed by atoms with E-state index in [9.17, 15) is 5.11 Å². The smallest absolute Gasteiger partial charge is 0.123 e. The molecule has 170 valence electrons. The van der Waals surface area contributed by atoms with E-state index < -0.39 is 28.0 Å². The standard InChI is InChI=1S/C25H40O5/c1-13-21(3,4)27-29-24(9,10)19-15-18(23(7,8)26)16-20(17-19)25(11,12)30-28-22(5,6)14-2/h13-17,26H,1-2H2,3-12H3. The fourth-order valence-corrected chi connectivity index (χ4v) is 2.26. The monoisotopic (exact) mass is 420 g/mol. The molecule has 1 rings (SSSR count). The number of hydrogen-bond acceptors (Lipinski definition) is 5. The molecule has 0 radical (unpaired) electrons. The van der Waals surface area contributed by atoms with Crippen molar-refractivity contribution >= 4 is 0 Å². The fraction of sp³-hybridized carbons (Fsp3) is 0.600. The Morgan fingerprint density at radius 2 is 0.900 bits per heavy atom. The predicted molar refractivity (Wildman–Crippen MR) is 121 cm³/mol. The molecule has 5 nitrogen and oxygen atoms in total. The first-order valence-electron chi connectivity index (χ1n) is 10.2. The van der Waals surface area contributed by atoms with E-state index in [1.807, 2.05) is 73.6 Å². The van der Waals surface area contributed by atoms with Crippen LogP contribution in [0, 0.1) is 0 Å². The van der Waals surface area contributed by atoms with Crippen LogP contribution in [0.15, 0.2) is 43.5 Å². The van der Waals surface area contributed by atoms with E-state index in [4.69, 9.17) is 19.6 Å². The molecule has 0 spiro atoms. The van der Waals surface area contributed by atoms with Crippen LogP contribution in [-0.2, 0) is 36.4 Å².